The number of anilines is 2. The van der Waals surface area contributed by atoms with Gasteiger partial charge in [0.05, 0.1) is 18.0 Å². The minimum atomic E-state index is -0.315. The first-order chi connectivity index (χ1) is 15.9. The molecule has 1 aliphatic rings. The molecule has 1 fully saturated rings. The third-order valence-corrected chi connectivity index (χ3v) is 5.74. The number of thiocarbonyl (C=S) groups is 1. The van der Waals surface area contributed by atoms with Gasteiger partial charge in [0.25, 0.3) is 5.91 Å². The van der Waals surface area contributed by atoms with Crippen molar-refractivity contribution < 1.29 is 14.3 Å². The van der Waals surface area contributed by atoms with Crippen molar-refractivity contribution in [3.8, 4) is 5.75 Å². The van der Waals surface area contributed by atoms with E-state index in [0.717, 1.165) is 17.9 Å². The van der Waals surface area contributed by atoms with Crippen LogP contribution in [0.1, 0.15) is 37.0 Å². The fraction of sp³-hybridized carbons (Fsp3) is 0.375. The Balaban J connectivity index is 1.63. The van der Waals surface area contributed by atoms with E-state index >= 15 is 0 Å². The van der Waals surface area contributed by atoms with E-state index < -0.39 is 0 Å². The number of carbonyl (C=O) groups is 2. The van der Waals surface area contributed by atoms with Crippen molar-refractivity contribution in [1.82, 2.24) is 10.2 Å². The molecule has 2 aromatic carbocycles. The highest BCUT2D eigenvalue weighted by Crippen LogP contribution is 2.30. The largest absolute Gasteiger partial charge is 0.494 e. The fourth-order valence-corrected chi connectivity index (χ4v) is 3.93. The summed E-state index contributed by atoms with van der Waals surface area (Å²) < 4.78 is 5.55. The van der Waals surface area contributed by atoms with Crippen molar-refractivity contribution >= 4 is 52.1 Å². The fourth-order valence-electron chi connectivity index (χ4n) is 3.56. The number of nitrogens with zero attached hydrogens (tertiary/aromatic N) is 2. The molecule has 1 aliphatic heterocycles. The molecule has 0 aromatic heterocycles. The van der Waals surface area contributed by atoms with Crippen LogP contribution in [0.25, 0.3) is 0 Å². The van der Waals surface area contributed by atoms with E-state index in [1.807, 2.05) is 30.9 Å². The number of ether oxygens (including phenoxy) is 1. The molecular weight excluding hydrogens is 460 g/mol. The number of rotatable bonds is 7. The van der Waals surface area contributed by atoms with Crippen molar-refractivity contribution in [2.24, 2.45) is 0 Å². The standard InChI is InChI=1S/C24H29ClN4O3S/c1-3-15-32-19-8-5-17(6-9-19)23(31)27-24(33)26-20-16-18(25)7-10-21(20)28-11-13-29(14-12-28)22(30)4-2/h5-10,16H,3-4,11-15H2,1-2H3,(H2,26,27,31,33). The van der Waals surface area contributed by atoms with Crippen LogP contribution in [0, 0.1) is 0 Å². The molecule has 0 unspecified atom stereocenters. The number of hydrogen-bond acceptors (Lipinski definition) is 5. The van der Waals surface area contributed by atoms with Gasteiger partial charge in [-0.15, -0.1) is 0 Å². The lowest BCUT2D eigenvalue weighted by Gasteiger charge is -2.37. The number of nitrogens with one attached hydrogen (secondary N) is 2. The van der Waals surface area contributed by atoms with E-state index in [4.69, 9.17) is 28.6 Å². The Morgan fingerprint density at radius 2 is 1.76 bits per heavy atom. The molecule has 1 heterocycles. The first kappa shape index (κ1) is 24.8. The summed E-state index contributed by atoms with van der Waals surface area (Å²) in [4.78, 5) is 28.6. The van der Waals surface area contributed by atoms with Crippen LogP contribution in [-0.2, 0) is 4.79 Å². The zero-order valence-corrected chi connectivity index (χ0v) is 20.5. The van der Waals surface area contributed by atoms with E-state index in [1.165, 1.54) is 0 Å². The van der Waals surface area contributed by atoms with Gasteiger partial charge in [-0.3, -0.25) is 14.9 Å². The molecule has 33 heavy (non-hydrogen) atoms. The summed E-state index contributed by atoms with van der Waals surface area (Å²) in [5.41, 5.74) is 2.09. The first-order valence-electron chi connectivity index (χ1n) is 11.1. The summed E-state index contributed by atoms with van der Waals surface area (Å²) in [6.07, 6.45) is 1.43. The Hall–Kier alpha value is -2.84. The number of hydrogen-bond donors (Lipinski definition) is 2. The molecular formula is C24H29ClN4O3S. The third-order valence-electron chi connectivity index (χ3n) is 5.30. The molecule has 0 bridgehead atoms. The van der Waals surface area contributed by atoms with E-state index in [0.29, 0.717) is 55.5 Å². The van der Waals surface area contributed by atoms with Gasteiger partial charge in [0.15, 0.2) is 5.11 Å². The molecule has 0 saturated carbocycles. The molecule has 3 rings (SSSR count). The Kier molecular flexibility index (Phi) is 8.91. The van der Waals surface area contributed by atoms with Gasteiger partial charge in [-0.2, -0.15) is 0 Å². The smallest absolute Gasteiger partial charge is 0.257 e. The normalized spacial score (nSPS) is 13.4. The van der Waals surface area contributed by atoms with Gasteiger partial charge in [-0.25, -0.2) is 0 Å². The summed E-state index contributed by atoms with van der Waals surface area (Å²) in [5, 5.41) is 6.54. The maximum atomic E-state index is 12.6. The van der Waals surface area contributed by atoms with Crippen LogP contribution in [0.5, 0.6) is 5.75 Å². The highest BCUT2D eigenvalue weighted by Gasteiger charge is 2.22. The third kappa shape index (κ3) is 6.82. The van der Waals surface area contributed by atoms with Gasteiger partial charge in [-0.1, -0.05) is 25.4 Å². The van der Waals surface area contributed by atoms with Crippen molar-refractivity contribution in [3.05, 3.63) is 53.1 Å². The Morgan fingerprint density at radius 1 is 1.06 bits per heavy atom. The van der Waals surface area contributed by atoms with Gasteiger partial charge in [0.2, 0.25) is 5.91 Å². The predicted octanol–water partition coefficient (Wildman–Crippen LogP) is 4.31. The molecule has 9 heteroatoms. The summed E-state index contributed by atoms with van der Waals surface area (Å²) in [6.45, 7) is 7.27. The van der Waals surface area contributed by atoms with Crippen molar-refractivity contribution in [1.29, 1.82) is 0 Å². The topological polar surface area (TPSA) is 73.9 Å². The van der Waals surface area contributed by atoms with Gasteiger partial charge in [-0.05, 0) is 61.1 Å². The number of piperazine rings is 1. The second-order valence-corrected chi connectivity index (χ2v) is 8.51. The monoisotopic (exact) mass is 488 g/mol. The maximum absolute atomic E-state index is 12.6. The van der Waals surface area contributed by atoms with E-state index in [-0.39, 0.29) is 16.9 Å². The number of amides is 2. The van der Waals surface area contributed by atoms with Crippen molar-refractivity contribution in [2.75, 3.05) is 43.0 Å². The van der Waals surface area contributed by atoms with Crippen LogP contribution in [0.3, 0.4) is 0 Å². The van der Waals surface area contributed by atoms with Crippen molar-refractivity contribution in [2.45, 2.75) is 26.7 Å². The van der Waals surface area contributed by atoms with Crippen molar-refractivity contribution in [3.63, 3.8) is 0 Å². The summed E-state index contributed by atoms with van der Waals surface area (Å²) in [6, 6.07) is 12.4. The number of benzene rings is 2. The number of halogens is 1. The zero-order chi connectivity index (χ0) is 23.8. The van der Waals surface area contributed by atoms with Crippen LogP contribution in [0.15, 0.2) is 42.5 Å². The average Bonchev–Trinajstić information content (AvgIpc) is 2.82. The van der Waals surface area contributed by atoms with Gasteiger partial charge < -0.3 is 19.9 Å². The highest BCUT2D eigenvalue weighted by atomic mass is 35.5. The minimum Gasteiger partial charge on any atom is -0.494 e. The zero-order valence-electron chi connectivity index (χ0n) is 18.9. The lowest BCUT2D eigenvalue weighted by molar-refractivity contribution is -0.131. The lowest BCUT2D eigenvalue weighted by atomic mass is 10.2. The highest BCUT2D eigenvalue weighted by molar-refractivity contribution is 7.80. The number of carbonyl (C=O) groups excluding carboxylic acids is 2. The van der Waals surface area contributed by atoms with Crippen LogP contribution in [0.4, 0.5) is 11.4 Å². The van der Waals surface area contributed by atoms with Crippen LogP contribution in [-0.4, -0.2) is 54.6 Å². The molecule has 2 aromatic rings. The molecule has 0 aliphatic carbocycles. The molecule has 176 valence electrons. The van der Waals surface area contributed by atoms with E-state index in [1.54, 1.807) is 30.3 Å². The molecule has 2 amide bonds. The molecule has 7 nitrogen and oxygen atoms in total. The van der Waals surface area contributed by atoms with Crippen LogP contribution >= 0.6 is 23.8 Å². The first-order valence-corrected chi connectivity index (χ1v) is 11.9. The summed E-state index contributed by atoms with van der Waals surface area (Å²) in [7, 11) is 0. The van der Waals surface area contributed by atoms with Crippen LogP contribution < -0.4 is 20.3 Å². The molecule has 2 N–H and O–H groups in total. The minimum absolute atomic E-state index is 0.165. The van der Waals surface area contributed by atoms with Gasteiger partial charge in [0, 0.05) is 43.2 Å². The second-order valence-electron chi connectivity index (χ2n) is 7.66. The molecule has 0 atom stereocenters. The molecule has 0 radical (unpaired) electrons. The average molecular weight is 489 g/mol. The van der Waals surface area contributed by atoms with Gasteiger partial charge in [0.1, 0.15) is 5.75 Å². The van der Waals surface area contributed by atoms with E-state index in [9.17, 15) is 9.59 Å². The quantitative estimate of drug-likeness (QED) is 0.565. The molecule has 1 saturated heterocycles. The maximum Gasteiger partial charge on any atom is 0.257 e. The van der Waals surface area contributed by atoms with Crippen LogP contribution in [0.2, 0.25) is 5.02 Å². The predicted molar refractivity (Wildman–Crippen MR) is 136 cm³/mol. The molecule has 0 spiro atoms. The Labute approximate surface area is 205 Å². The van der Waals surface area contributed by atoms with Gasteiger partial charge >= 0.3 is 0 Å². The Morgan fingerprint density at radius 3 is 2.39 bits per heavy atom. The summed E-state index contributed by atoms with van der Waals surface area (Å²) >= 11 is 11.6. The summed E-state index contributed by atoms with van der Waals surface area (Å²) in [5.74, 6) is 0.571. The Bertz CT molecular complexity index is 992. The second kappa shape index (κ2) is 11.9. The lowest BCUT2D eigenvalue weighted by Crippen LogP contribution is -2.48. The SMILES string of the molecule is CCCOc1ccc(C(=O)NC(=S)Nc2cc(Cl)ccc2N2CCN(C(=O)CC)CC2)cc1. The van der Waals surface area contributed by atoms with E-state index in [2.05, 4.69) is 15.5 Å².